The summed E-state index contributed by atoms with van der Waals surface area (Å²) < 4.78 is 5.35. The van der Waals surface area contributed by atoms with Crippen LogP contribution in [0.5, 0.6) is 0 Å². The number of carbonyl (C=O) groups is 1. The zero-order valence-corrected chi connectivity index (χ0v) is 14.9. The fraction of sp³-hybridized carbons (Fsp3) is 0.944. The van der Waals surface area contributed by atoms with Crippen LogP contribution in [0, 0.1) is 5.92 Å². The lowest BCUT2D eigenvalue weighted by Crippen LogP contribution is -2.52. The van der Waals surface area contributed by atoms with Gasteiger partial charge >= 0.3 is 6.09 Å². The number of alkyl carbamates (subject to hydrolysis) is 1. The summed E-state index contributed by atoms with van der Waals surface area (Å²) >= 11 is 0. The van der Waals surface area contributed by atoms with Crippen LogP contribution >= 0.6 is 0 Å². The van der Waals surface area contributed by atoms with Crippen LogP contribution in [0.15, 0.2) is 0 Å². The molecular weight excluding hydrogens is 290 g/mol. The number of hydrogen-bond acceptors (Lipinski definition) is 4. The van der Waals surface area contributed by atoms with Gasteiger partial charge in [-0.1, -0.05) is 0 Å². The zero-order chi connectivity index (χ0) is 16.4. The summed E-state index contributed by atoms with van der Waals surface area (Å²) in [7, 11) is 0. The molecule has 132 valence electrons. The molecule has 0 bridgehead atoms. The minimum absolute atomic E-state index is 0.296. The summed E-state index contributed by atoms with van der Waals surface area (Å²) in [4.78, 5) is 14.5. The Hall–Kier alpha value is -0.810. The monoisotopic (exact) mass is 323 g/mol. The van der Waals surface area contributed by atoms with Crippen LogP contribution in [0.1, 0.15) is 59.3 Å². The van der Waals surface area contributed by atoms with Crippen molar-refractivity contribution in [2.24, 2.45) is 5.92 Å². The number of carbonyl (C=O) groups excluding carboxylic acids is 1. The minimum Gasteiger partial charge on any atom is -0.444 e. The third-order valence-corrected chi connectivity index (χ3v) is 5.33. The highest BCUT2D eigenvalue weighted by molar-refractivity contribution is 5.67. The van der Waals surface area contributed by atoms with Crippen LogP contribution in [0.4, 0.5) is 4.79 Å². The van der Waals surface area contributed by atoms with Gasteiger partial charge in [0.2, 0.25) is 0 Å². The van der Waals surface area contributed by atoms with Gasteiger partial charge in [-0.05, 0) is 78.3 Å². The van der Waals surface area contributed by atoms with Crippen LogP contribution in [-0.4, -0.2) is 54.4 Å². The first-order valence-corrected chi connectivity index (χ1v) is 9.38. The molecule has 0 radical (unpaired) electrons. The molecule has 0 spiro atoms. The van der Waals surface area contributed by atoms with Crippen molar-refractivity contribution in [2.45, 2.75) is 83.0 Å². The second-order valence-corrected chi connectivity index (χ2v) is 8.55. The predicted molar refractivity (Wildman–Crippen MR) is 91.5 cm³/mol. The molecule has 5 nitrogen and oxygen atoms in total. The summed E-state index contributed by atoms with van der Waals surface area (Å²) in [6.07, 6.45) is 7.52. The van der Waals surface area contributed by atoms with Crippen molar-refractivity contribution >= 4 is 6.09 Å². The fourth-order valence-electron chi connectivity index (χ4n) is 4.05. The molecule has 3 atom stereocenters. The lowest BCUT2D eigenvalue weighted by atomic mass is 9.96. The average Bonchev–Trinajstić information content (AvgIpc) is 3.19. The number of hydrogen-bond donors (Lipinski definition) is 2. The van der Waals surface area contributed by atoms with E-state index in [-0.39, 0.29) is 6.09 Å². The second-order valence-electron chi connectivity index (χ2n) is 8.55. The molecule has 3 unspecified atom stereocenters. The maximum Gasteiger partial charge on any atom is 0.407 e. The average molecular weight is 323 g/mol. The Morgan fingerprint density at radius 2 is 2.00 bits per heavy atom. The minimum atomic E-state index is -0.429. The first-order chi connectivity index (χ1) is 10.9. The number of rotatable bonds is 5. The van der Waals surface area contributed by atoms with Gasteiger partial charge in [0.1, 0.15) is 5.60 Å². The Kier molecular flexibility index (Phi) is 5.16. The fourth-order valence-corrected chi connectivity index (χ4v) is 4.05. The summed E-state index contributed by atoms with van der Waals surface area (Å²) in [6.45, 7) is 8.92. The van der Waals surface area contributed by atoms with Gasteiger partial charge in [-0.3, -0.25) is 0 Å². The number of nitrogens with one attached hydrogen (secondary N) is 2. The molecule has 0 aromatic rings. The molecule has 1 amide bonds. The number of nitrogens with zero attached hydrogens (tertiary/aromatic N) is 1. The van der Waals surface area contributed by atoms with Gasteiger partial charge in [-0.2, -0.15) is 0 Å². The van der Waals surface area contributed by atoms with Crippen molar-refractivity contribution in [3.63, 3.8) is 0 Å². The molecule has 0 aromatic carbocycles. The summed E-state index contributed by atoms with van der Waals surface area (Å²) in [5.41, 5.74) is -0.429. The smallest absolute Gasteiger partial charge is 0.407 e. The van der Waals surface area contributed by atoms with Crippen molar-refractivity contribution in [3.8, 4) is 0 Å². The molecular formula is C18H33N3O2. The highest BCUT2D eigenvalue weighted by Crippen LogP contribution is 2.34. The van der Waals surface area contributed by atoms with Crippen molar-refractivity contribution in [1.82, 2.24) is 15.5 Å². The molecule has 2 saturated heterocycles. The lowest BCUT2D eigenvalue weighted by molar-refractivity contribution is 0.0518. The van der Waals surface area contributed by atoms with E-state index in [1.54, 1.807) is 0 Å². The Morgan fingerprint density at radius 3 is 2.70 bits per heavy atom. The Labute approximate surface area is 140 Å². The quantitative estimate of drug-likeness (QED) is 0.816. The van der Waals surface area contributed by atoms with Crippen LogP contribution in [0.25, 0.3) is 0 Å². The zero-order valence-electron chi connectivity index (χ0n) is 14.9. The number of piperidine rings is 1. The highest BCUT2D eigenvalue weighted by Gasteiger charge is 2.36. The molecule has 2 N–H and O–H groups in total. The van der Waals surface area contributed by atoms with Gasteiger partial charge in [0.15, 0.2) is 0 Å². The summed E-state index contributed by atoms with van der Waals surface area (Å²) in [5, 5.41) is 6.81. The van der Waals surface area contributed by atoms with E-state index in [4.69, 9.17) is 4.74 Å². The van der Waals surface area contributed by atoms with E-state index < -0.39 is 5.60 Å². The Morgan fingerprint density at radius 1 is 1.22 bits per heavy atom. The predicted octanol–water partition coefficient (Wildman–Crippen LogP) is 2.51. The van der Waals surface area contributed by atoms with E-state index in [0.29, 0.717) is 18.6 Å². The van der Waals surface area contributed by atoms with Gasteiger partial charge in [0.05, 0.1) is 0 Å². The van der Waals surface area contributed by atoms with Crippen LogP contribution < -0.4 is 10.6 Å². The number of amides is 1. The Balaban J connectivity index is 1.45. The number of ether oxygens (including phenoxy) is 1. The van der Waals surface area contributed by atoms with E-state index in [2.05, 4.69) is 15.5 Å². The van der Waals surface area contributed by atoms with Crippen molar-refractivity contribution in [3.05, 3.63) is 0 Å². The van der Waals surface area contributed by atoms with Gasteiger partial charge < -0.3 is 20.3 Å². The lowest BCUT2D eigenvalue weighted by Gasteiger charge is -2.37. The van der Waals surface area contributed by atoms with Crippen molar-refractivity contribution in [1.29, 1.82) is 0 Å². The number of fused-ring (bicyclic) bond motifs is 1. The SMILES string of the molecule is CC(C)(C)OC(=O)NCC(NC1CCN2CCCC2C1)C1CC1. The standard InChI is InChI=1S/C18H33N3O2/c1-18(2,3)23-17(22)19-12-16(13-6-7-13)20-14-8-10-21-9-4-5-15(21)11-14/h13-16,20H,4-12H2,1-3H3,(H,19,22). The molecule has 1 aliphatic carbocycles. The molecule has 23 heavy (non-hydrogen) atoms. The molecule has 3 rings (SSSR count). The summed E-state index contributed by atoms with van der Waals surface area (Å²) in [5.74, 6) is 0.728. The first kappa shape index (κ1) is 17.0. The van der Waals surface area contributed by atoms with Crippen molar-refractivity contribution in [2.75, 3.05) is 19.6 Å². The maximum atomic E-state index is 11.9. The van der Waals surface area contributed by atoms with Crippen LogP contribution in [0.3, 0.4) is 0 Å². The molecule has 5 heteroatoms. The van der Waals surface area contributed by atoms with E-state index in [9.17, 15) is 4.79 Å². The first-order valence-electron chi connectivity index (χ1n) is 9.38. The van der Waals surface area contributed by atoms with Gasteiger partial charge in [-0.25, -0.2) is 4.79 Å². The van der Waals surface area contributed by atoms with Crippen LogP contribution in [0.2, 0.25) is 0 Å². The van der Waals surface area contributed by atoms with Crippen LogP contribution in [-0.2, 0) is 4.74 Å². The van der Waals surface area contributed by atoms with E-state index in [1.165, 1.54) is 51.6 Å². The summed E-state index contributed by atoms with van der Waals surface area (Å²) in [6, 6.07) is 1.81. The molecule has 2 aliphatic heterocycles. The molecule has 3 fully saturated rings. The highest BCUT2D eigenvalue weighted by atomic mass is 16.6. The molecule has 0 aromatic heterocycles. The topological polar surface area (TPSA) is 53.6 Å². The molecule has 2 heterocycles. The molecule has 1 saturated carbocycles. The van der Waals surface area contributed by atoms with E-state index in [1.807, 2.05) is 20.8 Å². The third-order valence-electron chi connectivity index (χ3n) is 5.33. The second kappa shape index (κ2) is 6.98. The maximum absolute atomic E-state index is 11.9. The van der Waals surface area contributed by atoms with E-state index >= 15 is 0 Å². The normalized spacial score (nSPS) is 29.9. The van der Waals surface area contributed by atoms with Gasteiger partial charge in [0.25, 0.3) is 0 Å². The van der Waals surface area contributed by atoms with Crippen molar-refractivity contribution < 1.29 is 9.53 Å². The van der Waals surface area contributed by atoms with Gasteiger partial charge in [0, 0.05) is 24.7 Å². The molecule has 3 aliphatic rings. The van der Waals surface area contributed by atoms with E-state index in [0.717, 1.165) is 12.0 Å². The Bertz CT molecular complexity index is 417. The van der Waals surface area contributed by atoms with Gasteiger partial charge in [-0.15, -0.1) is 0 Å². The third kappa shape index (κ3) is 5.08. The largest absolute Gasteiger partial charge is 0.444 e.